The highest BCUT2D eigenvalue weighted by molar-refractivity contribution is 5.95. The van der Waals surface area contributed by atoms with E-state index in [4.69, 9.17) is 18.7 Å². The first kappa shape index (κ1) is 19.2. The minimum Gasteiger partial charge on any atom is -0.485 e. The fourth-order valence-electron chi connectivity index (χ4n) is 2.67. The van der Waals surface area contributed by atoms with Crippen LogP contribution in [0, 0.1) is 6.92 Å². The summed E-state index contributed by atoms with van der Waals surface area (Å²) in [7, 11) is 0. The summed E-state index contributed by atoms with van der Waals surface area (Å²) < 4.78 is 21.5. The zero-order valence-corrected chi connectivity index (χ0v) is 16.0. The van der Waals surface area contributed by atoms with Crippen LogP contribution in [-0.4, -0.2) is 34.7 Å². The van der Waals surface area contributed by atoms with Gasteiger partial charge < -0.3 is 18.7 Å². The van der Waals surface area contributed by atoms with Crippen LogP contribution in [0.25, 0.3) is 0 Å². The number of hydrazine groups is 1. The molecule has 10 nitrogen and oxygen atoms in total. The number of aromatic nitrogens is 2. The highest BCUT2D eigenvalue weighted by atomic mass is 16.6. The van der Waals surface area contributed by atoms with Crippen molar-refractivity contribution in [3.8, 4) is 17.2 Å². The van der Waals surface area contributed by atoms with Gasteiger partial charge in [0.15, 0.2) is 18.1 Å². The normalized spacial score (nSPS) is 14.6. The molecule has 10 heteroatoms. The summed E-state index contributed by atoms with van der Waals surface area (Å²) in [4.78, 5) is 28.5. The zero-order chi connectivity index (χ0) is 20.9. The first-order chi connectivity index (χ1) is 14.6. The van der Waals surface area contributed by atoms with Crippen LogP contribution >= 0.6 is 0 Å². The van der Waals surface area contributed by atoms with Crippen molar-refractivity contribution in [3.05, 3.63) is 65.8 Å². The van der Waals surface area contributed by atoms with Crippen molar-refractivity contribution in [2.24, 2.45) is 0 Å². The standard InChI is InChI=1S/C20H18N4O6/c1-12-21-18(24-30-12)11-27-14-8-6-13(7-9-14)19(25)22-23-20(26)17-10-28-15-4-2-3-5-16(15)29-17/h2-9,17H,10-11H2,1H3,(H,22,25)(H,23,26). The first-order valence-corrected chi connectivity index (χ1v) is 9.09. The van der Waals surface area contributed by atoms with Gasteiger partial charge in [-0.2, -0.15) is 4.98 Å². The summed E-state index contributed by atoms with van der Waals surface area (Å²) in [5.74, 6) is 1.45. The van der Waals surface area contributed by atoms with Gasteiger partial charge in [-0.15, -0.1) is 0 Å². The van der Waals surface area contributed by atoms with Crippen molar-refractivity contribution in [1.29, 1.82) is 0 Å². The Labute approximate surface area is 171 Å². The number of carbonyl (C=O) groups is 2. The van der Waals surface area contributed by atoms with Crippen LogP contribution in [0.5, 0.6) is 17.2 Å². The van der Waals surface area contributed by atoms with Crippen molar-refractivity contribution in [1.82, 2.24) is 21.0 Å². The van der Waals surface area contributed by atoms with Crippen LogP contribution in [0.2, 0.25) is 0 Å². The maximum atomic E-state index is 12.3. The number of hydrogen-bond donors (Lipinski definition) is 2. The number of rotatable bonds is 5. The molecule has 4 rings (SSSR count). The van der Waals surface area contributed by atoms with E-state index < -0.39 is 17.9 Å². The van der Waals surface area contributed by atoms with Crippen molar-refractivity contribution in [2.75, 3.05) is 6.61 Å². The number of hydrogen-bond acceptors (Lipinski definition) is 8. The maximum absolute atomic E-state index is 12.3. The molecule has 0 fully saturated rings. The van der Waals surface area contributed by atoms with E-state index in [1.165, 1.54) is 0 Å². The predicted molar refractivity (Wildman–Crippen MR) is 102 cm³/mol. The lowest BCUT2D eigenvalue weighted by Gasteiger charge is -2.25. The number of carbonyl (C=O) groups excluding carboxylic acids is 2. The Morgan fingerprint density at radius 2 is 1.87 bits per heavy atom. The molecular formula is C20H18N4O6. The molecule has 0 saturated carbocycles. The minimum atomic E-state index is -0.871. The van der Waals surface area contributed by atoms with Crippen LogP contribution in [0.4, 0.5) is 0 Å². The second-order valence-electron chi connectivity index (χ2n) is 6.35. The smallest absolute Gasteiger partial charge is 0.283 e. The van der Waals surface area contributed by atoms with E-state index in [1.54, 1.807) is 49.4 Å². The van der Waals surface area contributed by atoms with Crippen molar-refractivity contribution in [2.45, 2.75) is 19.6 Å². The molecule has 2 N–H and O–H groups in total. The molecule has 3 aromatic rings. The Bertz CT molecular complexity index is 1050. The van der Waals surface area contributed by atoms with Crippen molar-refractivity contribution in [3.63, 3.8) is 0 Å². The van der Waals surface area contributed by atoms with Gasteiger partial charge in [0.2, 0.25) is 17.8 Å². The Hall–Kier alpha value is -4.08. The molecule has 1 atom stereocenters. The Balaban J connectivity index is 1.26. The van der Waals surface area contributed by atoms with Gasteiger partial charge in [0, 0.05) is 12.5 Å². The molecule has 1 aliphatic rings. The third-order valence-electron chi connectivity index (χ3n) is 4.15. The minimum absolute atomic E-state index is 0.0463. The Kier molecular flexibility index (Phi) is 5.46. The van der Waals surface area contributed by atoms with Gasteiger partial charge in [-0.1, -0.05) is 17.3 Å². The predicted octanol–water partition coefficient (Wildman–Crippen LogP) is 1.56. The number of aryl methyl sites for hydroxylation is 1. The number of nitrogens with zero attached hydrogens (tertiary/aromatic N) is 2. The van der Waals surface area contributed by atoms with Crippen LogP contribution in [0.1, 0.15) is 22.1 Å². The highest BCUT2D eigenvalue weighted by Crippen LogP contribution is 2.30. The monoisotopic (exact) mass is 410 g/mol. The number of ether oxygens (including phenoxy) is 3. The van der Waals surface area contributed by atoms with Crippen LogP contribution in [0.15, 0.2) is 53.1 Å². The van der Waals surface area contributed by atoms with Gasteiger partial charge in [0.25, 0.3) is 11.8 Å². The van der Waals surface area contributed by atoms with E-state index in [2.05, 4.69) is 21.0 Å². The largest absolute Gasteiger partial charge is 0.485 e. The molecule has 0 radical (unpaired) electrons. The Morgan fingerprint density at radius 3 is 2.60 bits per heavy atom. The summed E-state index contributed by atoms with van der Waals surface area (Å²) in [6.07, 6.45) is -0.871. The SMILES string of the molecule is Cc1nc(COc2ccc(C(=O)NNC(=O)C3COc4ccccc4O3)cc2)no1. The highest BCUT2D eigenvalue weighted by Gasteiger charge is 2.27. The van der Waals surface area contributed by atoms with Crippen molar-refractivity contribution < 1.29 is 28.3 Å². The Morgan fingerprint density at radius 1 is 1.10 bits per heavy atom. The lowest BCUT2D eigenvalue weighted by molar-refractivity contribution is -0.131. The average molecular weight is 410 g/mol. The van der Waals surface area contributed by atoms with Gasteiger partial charge >= 0.3 is 0 Å². The molecule has 2 amide bonds. The molecule has 1 aliphatic heterocycles. The number of para-hydroxylation sites is 2. The molecule has 0 aliphatic carbocycles. The quantitative estimate of drug-likeness (QED) is 0.607. The second-order valence-corrected chi connectivity index (χ2v) is 6.35. The maximum Gasteiger partial charge on any atom is 0.283 e. The van der Waals surface area contributed by atoms with Gasteiger partial charge in [-0.05, 0) is 36.4 Å². The molecule has 2 heterocycles. The van der Waals surface area contributed by atoms with E-state index in [-0.39, 0.29) is 13.2 Å². The summed E-state index contributed by atoms with van der Waals surface area (Å²) in [6.45, 7) is 1.88. The fraction of sp³-hybridized carbons (Fsp3) is 0.200. The van der Waals surface area contributed by atoms with E-state index >= 15 is 0 Å². The summed E-state index contributed by atoms with van der Waals surface area (Å²) in [5.41, 5.74) is 5.03. The van der Waals surface area contributed by atoms with Gasteiger partial charge in [-0.25, -0.2) is 0 Å². The third kappa shape index (κ3) is 4.49. The van der Waals surface area contributed by atoms with Crippen LogP contribution < -0.4 is 25.1 Å². The van der Waals surface area contributed by atoms with Crippen LogP contribution in [0.3, 0.4) is 0 Å². The average Bonchev–Trinajstić information content (AvgIpc) is 3.21. The van der Waals surface area contributed by atoms with Gasteiger partial charge in [0.05, 0.1) is 0 Å². The lowest BCUT2D eigenvalue weighted by Crippen LogP contribution is -2.50. The van der Waals surface area contributed by atoms with Gasteiger partial charge in [0.1, 0.15) is 12.4 Å². The fourth-order valence-corrected chi connectivity index (χ4v) is 2.67. The molecule has 0 saturated heterocycles. The molecule has 2 aromatic carbocycles. The topological polar surface area (TPSA) is 125 Å². The molecule has 154 valence electrons. The number of nitrogens with one attached hydrogen (secondary N) is 2. The number of amides is 2. The van der Waals surface area contributed by atoms with Crippen molar-refractivity contribution >= 4 is 11.8 Å². The molecule has 30 heavy (non-hydrogen) atoms. The molecule has 1 aromatic heterocycles. The summed E-state index contributed by atoms with van der Waals surface area (Å²) in [5, 5.41) is 3.73. The zero-order valence-electron chi connectivity index (χ0n) is 16.0. The van der Waals surface area contributed by atoms with Gasteiger partial charge in [-0.3, -0.25) is 20.4 Å². The third-order valence-corrected chi connectivity index (χ3v) is 4.15. The van der Waals surface area contributed by atoms with Crippen LogP contribution in [-0.2, 0) is 11.4 Å². The van der Waals surface area contributed by atoms with E-state index in [0.717, 1.165) is 0 Å². The number of benzene rings is 2. The molecule has 1 unspecified atom stereocenters. The number of fused-ring (bicyclic) bond motifs is 1. The van der Waals surface area contributed by atoms with E-state index in [0.29, 0.717) is 34.5 Å². The molecule has 0 bridgehead atoms. The molecular weight excluding hydrogens is 392 g/mol. The summed E-state index contributed by atoms with van der Waals surface area (Å²) >= 11 is 0. The van der Waals surface area contributed by atoms with E-state index in [9.17, 15) is 9.59 Å². The van der Waals surface area contributed by atoms with E-state index in [1.807, 2.05) is 6.07 Å². The lowest BCUT2D eigenvalue weighted by atomic mass is 10.2. The first-order valence-electron chi connectivity index (χ1n) is 9.09. The second kappa shape index (κ2) is 8.52. The summed E-state index contributed by atoms with van der Waals surface area (Å²) in [6, 6.07) is 13.4. The molecule has 0 spiro atoms.